The maximum atomic E-state index is 11.5. The van der Waals surface area contributed by atoms with Gasteiger partial charge in [-0.1, -0.05) is 6.42 Å². The minimum absolute atomic E-state index is 0.206. The number of nitrogens with zero attached hydrogens (tertiary/aromatic N) is 2. The molecular weight excluding hydrogens is 218 g/mol. The van der Waals surface area contributed by atoms with Gasteiger partial charge in [-0.25, -0.2) is 4.98 Å². The van der Waals surface area contributed by atoms with E-state index < -0.39 is 0 Å². The molecule has 1 saturated heterocycles. The molecule has 1 aromatic rings. The van der Waals surface area contributed by atoms with E-state index in [0.29, 0.717) is 12.6 Å². The number of hydrogen-bond acceptors (Lipinski definition) is 4. The number of ether oxygens (including phenoxy) is 1. The van der Waals surface area contributed by atoms with Gasteiger partial charge in [0.15, 0.2) is 0 Å². The molecule has 0 radical (unpaired) electrons. The van der Waals surface area contributed by atoms with Crippen molar-refractivity contribution in [1.29, 1.82) is 0 Å². The van der Waals surface area contributed by atoms with E-state index in [0.717, 1.165) is 18.7 Å². The number of rotatable bonds is 4. The van der Waals surface area contributed by atoms with Crippen LogP contribution in [0.1, 0.15) is 37.9 Å². The summed E-state index contributed by atoms with van der Waals surface area (Å²) in [7, 11) is 0. The Morgan fingerprint density at radius 2 is 2.53 bits per heavy atom. The Morgan fingerprint density at radius 3 is 3.24 bits per heavy atom. The number of carbonyl (C=O) groups is 1. The molecule has 5 heteroatoms. The van der Waals surface area contributed by atoms with Crippen LogP contribution in [-0.2, 0) is 16.1 Å². The van der Waals surface area contributed by atoms with Gasteiger partial charge in [0.25, 0.3) is 0 Å². The molecule has 0 bridgehead atoms. The molecule has 5 nitrogen and oxygen atoms in total. The Labute approximate surface area is 101 Å². The normalized spacial score (nSPS) is 20.2. The molecule has 0 aliphatic carbocycles. The standard InChI is InChI=1S/C12H19N3O2/c1-2-17-12(16)8-15-9-13-7-11(15)10-5-3-4-6-14-10/h7,9-10,14H,2-6,8H2,1H3. The summed E-state index contributed by atoms with van der Waals surface area (Å²) in [5.41, 5.74) is 1.08. The molecular formula is C12H19N3O2. The van der Waals surface area contributed by atoms with Gasteiger partial charge in [0.1, 0.15) is 6.54 Å². The number of piperidine rings is 1. The summed E-state index contributed by atoms with van der Waals surface area (Å²) >= 11 is 0. The van der Waals surface area contributed by atoms with Gasteiger partial charge in [0.2, 0.25) is 0 Å². The van der Waals surface area contributed by atoms with Crippen LogP contribution in [0.25, 0.3) is 0 Å². The van der Waals surface area contributed by atoms with Crippen molar-refractivity contribution in [3.63, 3.8) is 0 Å². The quantitative estimate of drug-likeness (QED) is 0.801. The van der Waals surface area contributed by atoms with E-state index in [2.05, 4.69) is 10.3 Å². The van der Waals surface area contributed by atoms with Gasteiger partial charge in [-0.15, -0.1) is 0 Å². The van der Waals surface area contributed by atoms with Crippen LogP contribution in [0, 0.1) is 0 Å². The topological polar surface area (TPSA) is 56.2 Å². The molecule has 0 amide bonds. The second kappa shape index (κ2) is 5.82. The summed E-state index contributed by atoms with van der Waals surface area (Å²) in [6.45, 7) is 3.52. The van der Waals surface area contributed by atoms with Crippen LogP contribution in [-0.4, -0.2) is 28.7 Å². The first-order valence-electron chi connectivity index (χ1n) is 6.20. The molecule has 1 aliphatic rings. The summed E-state index contributed by atoms with van der Waals surface area (Å²) < 4.78 is 6.83. The number of imidazole rings is 1. The number of esters is 1. The highest BCUT2D eigenvalue weighted by molar-refractivity contribution is 5.69. The van der Waals surface area contributed by atoms with Crippen molar-refractivity contribution in [3.8, 4) is 0 Å². The Balaban J connectivity index is 2.02. The lowest BCUT2D eigenvalue weighted by Gasteiger charge is -2.24. The van der Waals surface area contributed by atoms with Gasteiger partial charge in [0, 0.05) is 12.2 Å². The second-order valence-corrected chi connectivity index (χ2v) is 4.25. The van der Waals surface area contributed by atoms with Gasteiger partial charge in [-0.3, -0.25) is 4.79 Å². The molecule has 1 atom stereocenters. The zero-order valence-electron chi connectivity index (χ0n) is 10.2. The molecule has 1 fully saturated rings. The van der Waals surface area contributed by atoms with Crippen molar-refractivity contribution in [1.82, 2.24) is 14.9 Å². The Morgan fingerprint density at radius 1 is 1.65 bits per heavy atom. The Hall–Kier alpha value is -1.36. The highest BCUT2D eigenvalue weighted by atomic mass is 16.5. The van der Waals surface area contributed by atoms with E-state index in [-0.39, 0.29) is 12.5 Å². The fraction of sp³-hybridized carbons (Fsp3) is 0.667. The fourth-order valence-electron chi connectivity index (χ4n) is 2.20. The van der Waals surface area contributed by atoms with Crippen LogP contribution in [0.2, 0.25) is 0 Å². The molecule has 0 spiro atoms. The summed E-state index contributed by atoms with van der Waals surface area (Å²) in [5, 5.41) is 3.45. The van der Waals surface area contributed by atoms with Crippen LogP contribution in [0.5, 0.6) is 0 Å². The zero-order chi connectivity index (χ0) is 12.1. The van der Waals surface area contributed by atoms with Crippen molar-refractivity contribution in [2.75, 3.05) is 13.2 Å². The summed E-state index contributed by atoms with van der Waals surface area (Å²) in [6, 6.07) is 0.320. The van der Waals surface area contributed by atoms with Crippen LogP contribution >= 0.6 is 0 Å². The van der Waals surface area contributed by atoms with Gasteiger partial charge < -0.3 is 14.6 Å². The van der Waals surface area contributed by atoms with E-state index >= 15 is 0 Å². The first-order chi connectivity index (χ1) is 8.31. The Kier molecular flexibility index (Phi) is 4.14. The Bertz CT molecular complexity index is 370. The third-order valence-corrected chi connectivity index (χ3v) is 3.02. The molecule has 0 saturated carbocycles. The molecule has 1 unspecified atom stereocenters. The van der Waals surface area contributed by atoms with Crippen molar-refractivity contribution in [2.45, 2.75) is 38.8 Å². The second-order valence-electron chi connectivity index (χ2n) is 4.25. The fourth-order valence-corrected chi connectivity index (χ4v) is 2.20. The van der Waals surface area contributed by atoms with Gasteiger partial charge in [0.05, 0.1) is 18.6 Å². The zero-order valence-corrected chi connectivity index (χ0v) is 10.2. The number of nitrogens with one attached hydrogen (secondary N) is 1. The molecule has 2 rings (SSSR count). The van der Waals surface area contributed by atoms with E-state index in [1.54, 1.807) is 6.33 Å². The summed E-state index contributed by atoms with van der Waals surface area (Å²) in [4.78, 5) is 15.6. The largest absolute Gasteiger partial charge is 0.465 e. The van der Waals surface area contributed by atoms with E-state index in [4.69, 9.17) is 4.74 Å². The molecule has 94 valence electrons. The molecule has 1 aromatic heterocycles. The average Bonchev–Trinajstić information content (AvgIpc) is 2.78. The smallest absolute Gasteiger partial charge is 0.325 e. The lowest BCUT2D eigenvalue weighted by Crippen LogP contribution is -2.29. The molecule has 17 heavy (non-hydrogen) atoms. The molecule has 0 aromatic carbocycles. The van der Waals surface area contributed by atoms with Crippen molar-refractivity contribution in [2.24, 2.45) is 0 Å². The van der Waals surface area contributed by atoms with Crippen LogP contribution in [0.4, 0.5) is 0 Å². The monoisotopic (exact) mass is 237 g/mol. The number of aromatic nitrogens is 2. The summed E-state index contributed by atoms with van der Waals surface area (Å²) in [6.07, 6.45) is 7.09. The predicted molar refractivity (Wildman–Crippen MR) is 63.5 cm³/mol. The molecule has 1 aliphatic heterocycles. The van der Waals surface area contributed by atoms with Crippen molar-refractivity contribution in [3.05, 3.63) is 18.2 Å². The van der Waals surface area contributed by atoms with E-state index in [1.165, 1.54) is 12.8 Å². The van der Waals surface area contributed by atoms with Gasteiger partial charge >= 0.3 is 5.97 Å². The van der Waals surface area contributed by atoms with Gasteiger partial charge in [-0.2, -0.15) is 0 Å². The lowest BCUT2D eigenvalue weighted by atomic mass is 10.0. The van der Waals surface area contributed by atoms with E-state index in [1.807, 2.05) is 17.7 Å². The SMILES string of the molecule is CCOC(=O)Cn1cncc1C1CCCCN1. The minimum Gasteiger partial charge on any atom is -0.465 e. The van der Waals surface area contributed by atoms with Crippen LogP contribution in [0.15, 0.2) is 12.5 Å². The number of hydrogen-bond donors (Lipinski definition) is 1. The maximum absolute atomic E-state index is 11.5. The van der Waals surface area contributed by atoms with Crippen LogP contribution < -0.4 is 5.32 Å². The van der Waals surface area contributed by atoms with Crippen molar-refractivity contribution < 1.29 is 9.53 Å². The predicted octanol–water partition coefficient (Wildman–Crippen LogP) is 1.26. The molecule has 1 N–H and O–H groups in total. The first-order valence-corrected chi connectivity index (χ1v) is 6.20. The summed E-state index contributed by atoms with van der Waals surface area (Å²) in [5.74, 6) is -0.206. The molecule has 2 heterocycles. The maximum Gasteiger partial charge on any atom is 0.325 e. The van der Waals surface area contributed by atoms with Gasteiger partial charge in [-0.05, 0) is 26.3 Å². The van der Waals surface area contributed by atoms with Crippen molar-refractivity contribution >= 4 is 5.97 Å². The van der Waals surface area contributed by atoms with Crippen LogP contribution in [0.3, 0.4) is 0 Å². The number of carbonyl (C=O) groups excluding carboxylic acids is 1. The van der Waals surface area contributed by atoms with E-state index in [9.17, 15) is 4.79 Å². The third kappa shape index (κ3) is 3.06. The third-order valence-electron chi connectivity index (χ3n) is 3.02. The highest BCUT2D eigenvalue weighted by Crippen LogP contribution is 2.22. The minimum atomic E-state index is -0.206. The average molecular weight is 237 g/mol. The lowest BCUT2D eigenvalue weighted by molar-refractivity contribution is -0.143. The highest BCUT2D eigenvalue weighted by Gasteiger charge is 2.19. The first kappa shape index (κ1) is 12.1.